The van der Waals surface area contributed by atoms with Crippen LogP contribution in [-0.2, 0) is 4.74 Å². The Bertz CT molecular complexity index is 703. The number of hydrogen-bond acceptors (Lipinski definition) is 5. The van der Waals surface area contributed by atoms with Gasteiger partial charge in [0.25, 0.3) is 5.91 Å². The Morgan fingerprint density at radius 2 is 2.04 bits per heavy atom. The van der Waals surface area contributed by atoms with Gasteiger partial charge in [-0.15, -0.1) is 0 Å². The molecule has 0 aliphatic carbocycles. The highest BCUT2D eigenvalue weighted by molar-refractivity contribution is 5.94. The topological polar surface area (TPSA) is 71.0 Å². The van der Waals surface area contributed by atoms with Crippen LogP contribution in [0.15, 0.2) is 18.2 Å². The molecular formula is C22H34N2O4. The Labute approximate surface area is 168 Å². The number of likely N-dealkylation sites (tertiary alicyclic amines) is 1. The quantitative estimate of drug-likeness (QED) is 0.827. The van der Waals surface area contributed by atoms with Crippen molar-refractivity contribution in [1.29, 1.82) is 0 Å². The van der Waals surface area contributed by atoms with E-state index < -0.39 is 5.60 Å². The van der Waals surface area contributed by atoms with E-state index in [9.17, 15) is 9.90 Å². The van der Waals surface area contributed by atoms with Crippen LogP contribution in [0.3, 0.4) is 0 Å². The SMILES string of the molecule is Cc1cc(C(=O)N2CCC3(CC2)CNCC(C(C)(C)O)O3)ccc1OC(C)C. The van der Waals surface area contributed by atoms with Gasteiger partial charge in [0.1, 0.15) is 5.75 Å². The summed E-state index contributed by atoms with van der Waals surface area (Å²) in [6.45, 7) is 12.3. The zero-order valence-corrected chi connectivity index (χ0v) is 17.7. The van der Waals surface area contributed by atoms with Crippen molar-refractivity contribution in [1.82, 2.24) is 10.2 Å². The minimum atomic E-state index is -0.884. The third kappa shape index (κ3) is 4.67. The largest absolute Gasteiger partial charge is 0.491 e. The third-order valence-corrected chi connectivity index (χ3v) is 5.70. The van der Waals surface area contributed by atoms with E-state index in [0.29, 0.717) is 25.2 Å². The van der Waals surface area contributed by atoms with Gasteiger partial charge in [0, 0.05) is 31.7 Å². The van der Waals surface area contributed by atoms with E-state index in [-0.39, 0.29) is 23.7 Å². The summed E-state index contributed by atoms with van der Waals surface area (Å²) in [6, 6.07) is 5.64. The number of hydrogen-bond donors (Lipinski definition) is 2. The molecule has 2 saturated heterocycles. The fourth-order valence-electron chi connectivity index (χ4n) is 3.97. The van der Waals surface area contributed by atoms with Crippen LogP contribution in [0, 0.1) is 6.92 Å². The molecule has 1 unspecified atom stereocenters. The number of aryl methyl sites for hydroxylation is 1. The van der Waals surface area contributed by atoms with Crippen LogP contribution in [0.25, 0.3) is 0 Å². The highest BCUT2D eigenvalue weighted by Crippen LogP contribution is 2.33. The number of benzene rings is 1. The summed E-state index contributed by atoms with van der Waals surface area (Å²) in [4.78, 5) is 14.9. The molecule has 2 heterocycles. The van der Waals surface area contributed by atoms with Gasteiger partial charge < -0.3 is 24.8 Å². The van der Waals surface area contributed by atoms with Gasteiger partial charge in [-0.2, -0.15) is 0 Å². The Hall–Kier alpha value is -1.63. The molecule has 2 fully saturated rings. The molecule has 0 saturated carbocycles. The van der Waals surface area contributed by atoms with Gasteiger partial charge >= 0.3 is 0 Å². The van der Waals surface area contributed by atoms with Crippen molar-refractivity contribution in [3.05, 3.63) is 29.3 Å². The lowest BCUT2D eigenvalue weighted by Crippen LogP contribution is -2.62. The second kappa shape index (κ2) is 8.01. The molecule has 2 aliphatic rings. The summed E-state index contributed by atoms with van der Waals surface area (Å²) in [7, 11) is 0. The molecule has 1 atom stereocenters. The molecule has 1 spiro atoms. The Balaban J connectivity index is 1.63. The van der Waals surface area contributed by atoms with E-state index in [0.717, 1.165) is 30.7 Å². The molecule has 2 aliphatic heterocycles. The number of amides is 1. The van der Waals surface area contributed by atoms with Gasteiger partial charge in [0.2, 0.25) is 0 Å². The molecule has 0 radical (unpaired) electrons. The molecular weight excluding hydrogens is 356 g/mol. The molecule has 0 aromatic heterocycles. The van der Waals surface area contributed by atoms with E-state index in [4.69, 9.17) is 9.47 Å². The smallest absolute Gasteiger partial charge is 0.253 e. The average Bonchev–Trinajstić information content (AvgIpc) is 2.62. The predicted molar refractivity (Wildman–Crippen MR) is 109 cm³/mol. The number of nitrogens with zero attached hydrogens (tertiary/aromatic N) is 1. The van der Waals surface area contributed by atoms with Gasteiger partial charge in [-0.1, -0.05) is 0 Å². The minimum absolute atomic E-state index is 0.0526. The van der Waals surface area contributed by atoms with Gasteiger partial charge in [0.05, 0.1) is 23.4 Å². The second-order valence-electron chi connectivity index (χ2n) is 9.01. The maximum absolute atomic E-state index is 13.0. The van der Waals surface area contributed by atoms with Crippen LogP contribution < -0.4 is 10.1 Å². The summed E-state index contributed by atoms with van der Waals surface area (Å²) < 4.78 is 12.1. The van der Waals surface area contributed by atoms with E-state index in [1.165, 1.54) is 0 Å². The van der Waals surface area contributed by atoms with Crippen LogP contribution >= 0.6 is 0 Å². The fraction of sp³-hybridized carbons (Fsp3) is 0.682. The van der Waals surface area contributed by atoms with Crippen molar-refractivity contribution in [2.75, 3.05) is 26.2 Å². The van der Waals surface area contributed by atoms with Crippen molar-refractivity contribution >= 4 is 5.91 Å². The number of aliphatic hydroxyl groups is 1. The van der Waals surface area contributed by atoms with Crippen molar-refractivity contribution < 1.29 is 19.4 Å². The monoisotopic (exact) mass is 390 g/mol. The molecule has 1 aromatic carbocycles. The summed E-state index contributed by atoms with van der Waals surface area (Å²) in [6.07, 6.45) is 1.41. The van der Waals surface area contributed by atoms with Crippen LogP contribution in [0.4, 0.5) is 0 Å². The van der Waals surface area contributed by atoms with Crippen LogP contribution in [0.2, 0.25) is 0 Å². The highest BCUT2D eigenvalue weighted by Gasteiger charge is 2.44. The Kier molecular flexibility index (Phi) is 6.03. The average molecular weight is 391 g/mol. The lowest BCUT2D eigenvalue weighted by atomic mass is 9.87. The zero-order chi connectivity index (χ0) is 20.5. The molecule has 6 heteroatoms. The number of rotatable bonds is 4. The molecule has 1 aromatic rings. The maximum atomic E-state index is 13.0. The molecule has 2 N–H and O–H groups in total. The summed E-state index contributed by atoms with van der Waals surface area (Å²) in [5.41, 5.74) is 0.484. The van der Waals surface area contributed by atoms with Crippen LogP contribution in [0.5, 0.6) is 5.75 Å². The first kappa shape index (κ1) is 21.1. The van der Waals surface area contributed by atoms with Gasteiger partial charge in [-0.05, 0) is 71.2 Å². The molecule has 28 heavy (non-hydrogen) atoms. The lowest BCUT2D eigenvalue weighted by molar-refractivity contribution is -0.192. The van der Waals surface area contributed by atoms with Gasteiger partial charge in [0.15, 0.2) is 0 Å². The molecule has 3 rings (SSSR count). The fourth-order valence-corrected chi connectivity index (χ4v) is 3.97. The number of morpholine rings is 1. The molecule has 156 valence electrons. The standard InChI is InChI=1S/C22H34N2O4/c1-15(2)27-18-7-6-17(12-16(18)3)20(25)24-10-8-22(9-11-24)14-23-13-19(28-22)21(4,5)26/h6-7,12,15,19,23,26H,8-11,13-14H2,1-5H3. The second-order valence-corrected chi connectivity index (χ2v) is 9.01. The number of ether oxygens (including phenoxy) is 2. The van der Waals surface area contributed by atoms with E-state index in [1.54, 1.807) is 13.8 Å². The zero-order valence-electron chi connectivity index (χ0n) is 17.7. The van der Waals surface area contributed by atoms with E-state index in [1.807, 2.05) is 43.9 Å². The lowest BCUT2D eigenvalue weighted by Gasteiger charge is -2.49. The van der Waals surface area contributed by atoms with Gasteiger partial charge in [-0.3, -0.25) is 4.79 Å². The molecule has 0 bridgehead atoms. The normalized spacial score (nSPS) is 22.5. The first-order valence-electron chi connectivity index (χ1n) is 10.3. The van der Waals surface area contributed by atoms with Crippen molar-refractivity contribution in [3.63, 3.8) is 0 Å². The summed E-state index contributed by atoms with van der Waals surface area (Å²) >= 11 is 0. The summed E-state index contributed by atoms with van der Waals surface area (Å²) in [5.74, 6) is 0.875. The number of carbonyl (C=O) groups excluding carboxylic acids is 1. The Morgan fingerprint density at radius 1 is 1.36 bits per heavy atom. The Morgan fingerprint density at radius 3 is 2.61 bits per heavy atom. The van der Waals surface area contributed by atoms with Crippen molar-refractivity contribution in [2.24, 2.45) is 0 Å². The molecule has 6 nitrogen and oxygen atoms in total. The van der Waals surface area contributed by atoms with Crippen molar-refractivity contribution in [3.8, 4) is 5.75 Å². The first-order chi connectivity index (χ1) is 13.1. The third-order valence-electron chi connectivity index (χ3n) is 5.70. The van der Waals surface area contributed by atoms with Crippen LogP contribution in [-0.4, -0.2) is 65.5 Å². The van der Waals surface area contributed by atoms with Gasteiger partial charge in [-0.25, -0.2) is 0 Å². The maximum Gasteiger partial charge on any atom is 0.253 e. The first-order valence-corrected chi connectivity index (χ1v) is 10.3. The molecule has 1 amide bonds. The summed E-state index contributed by atoms with van der Waals surface area (Å²) in [5, 5.41) is 13.7. The number of carbonyl (C=O) groups is 1. The van der Waals surface area contributed by atoms with E-state index >= 15 is 0 Å². The number of piperidine rings is 1. The van der Waals surface area contributed by atoms with Crippen molar-refractivity contribution in [2.45, 2.75) is 70.9 Å². The minimum Gasteiger partial charge on any atom is -0.491 e. The van der Waals surface area contributed by atoms with E-state index in [2.05, 4.69) is 5.32 Å². The highest BCUT2D eigenvalue weighted by atomic mass is 16.5. The number of nitrogens with one attached hydrogen (secondary N) is 1. The predicted octanol–water partition coefficient (Wildman–Crippen LogP) is 2.52. The van der Waals surface area contributed by atoms with Crippen LogP contribution in [0.1, 0.15) is 56.5 Å².